The number of sulfonamides is 1. The number of aliphatic hydroxyl groups is 1. The first kappa shape index (κ1) is 35.3. The Hall–Kier alpha value is -4.36. The molecule has 0 spiro atoms. The van der Waals surface area contributed by atoms with Gasteiger partial charge in [0.05, 0.1) is 16.2 Å². The van der Waals surface area contributed by atoms with E-state index in [2.05, 4.69) is 30.1 Å². The van der Waals surface area contributed by atoms with E-state index in [9.17, 15) is 26.7 Å². The largest absolute Gasteiger partial charge is 0.382 e. The minimum absolute atomic E-state index is 0.0888. The summed E-state index contributed by atoms with van der Waals surface area (Å²) >= 11 is 7.92. The van der Waals surface area contributed by atoms with Crippen LogP contribution in [0.25, 0.3) is 5.57 Å². The van der Waals surface area contributed by atoms with E-state index in [0.29, 0.717) is 56.7 Å². The predicted molar refractivity (Wildman–Crippen MR) is 193 cm³/mol. The van der Waals surface area contributed by atoms with Crippen molar-refractivity contribution in [2.45, 2.75) is 61.6 Å². The molecule has 5 aliphatic rings. The van der Waals surface area contributed by atoms with Crippen LogP contribution >= 0.6 is 22.9 Å². The number of nitrogens with one attached hydrogen (secondary N) is 1. The van der Waals surface area contributed by atoms with E-state index in [1.54, 1.807) is 28.5 Å². The average molecular weight is 798 g/mol. The van der Waals surface area contributed by atoms with Crippen molar-refractivity contribution in [1.82, 2.24) is 29.4 Å². The molecule has 1 aromatic carbocycles. The summed E-state index contributed by atoms with van der Waals surface area (Å²) in [5.41, 5.74) is 0.954. The van der Waals surface area contributed by atoms with Crippen LogP contribution in [0, 0.1) is 17.7 Å². The maximum atomic E-state index is 14.3. The number of hydrogen-bond acceptors (Lipinski definition) is 11. The van der Waals surface area contributed by atoms with E-state index in [1.165, 1.54) is 29.5 Å². The topological polar surface area (TPSA) is 153 Å². The smallest absolute Gasteiger partial charge is 0.333 e. The SMILES string of the molecule is O=S(=O)(N[C@H]1CC2=C(c3ccn(C(F)F)n3)[C@H](c3ccc(F)cc3Cl)N=C(c3nccs3)N2C1)C1CC2CC[C@@H](C1)C2(O)C1=NN=[N+](c2ccccn2)C1. The van der Waals surface area contributed by atoms with Gasteiger partial charge in [-0.25, -0.2) is 27.2 Å². The Morgan fingerprint density at radius 2 is 1.91 bits per heavy atom. The summed E-state index contributed by atoms with van der Waals surface area (Å²) in [7, 11) is -3.93. The summed E-state index contributed by atoms with van der Waals surface area (Å²) in [4.78, 5) is 15.7. The molecule has 2 N–H and O–H groups in total. The van der Waals surface area contributed by atoms with Gasteiger partial charge in [-0.15, -0.1) is 21.0 Å². The molecule has 3 fully saturated rings. The normalized spacial score (nSPS) is 28.1. The molecule has 0 radical (unpaired) electrons. The lowest BCUT2D eigenvalue weighted by Gasteiger charge is -2.41. The Labute approximate surface area is 316 Å². The number of rotatable bonds is 9. The molecule has 0 amide bonds. The van der Waals surface area contributed by atoms with Crippen molar-refractivity contribution in [3.8, 4) is 0 Å². The van der Waals surface area contributed by atoms with Crippen LogP contribution in [0.3, 0.4) is 0 Å². The molecule has 19 heteroatoms. The van der Waals surface area contributed by atoms with E-state index in [1.807, 2.05) is 17.0 Å². The van der Waals surface area contributed by atoms with Crippen molar-refractivity contribution in [1.29, 1.82) is 0 Å². The van der Waals surface area contributed by atoms with Crippen molar-refractivity contribution >= 4 is 55.9 Å². The van der Waals surface area contributed by atoms with Crippen molar-refractivity contribution in [2.24, 2.45) is 27.2 Å². The number of halogens is 4. The van der Waals surface area contributed by atoms with E-state index in [4.69, 9.17) is 16.6 Å². The van der Waals surface area contributed by atoms with Gasteiger partial charge < -0.3 is 10.0 Å². The minimum Gasteiger partial charge on any atom is -0.382 e. The zero-order valence-corrected chi connectivity index (χ0v) is 30.8. The molecule has 2 aliphatic carbocycles. The van der Waals surface area contributed by atoms with Gasteiger partial charge in [0, 0.05) is 69.8 Å². The summed E-state index contributed by atoms with van der Waals surface area (Å²) in [5.74, 6) is -0.142. The number of benzene rings is 1. The number of alkyl halides is 2. The second kappa shape index (κ2) is 13.4. The molecule has 13 nitrogen and oxygen atoms in total. The zero-order valence-electron chi connectivity index (χ0n) is 28.4. The summed E-state index contributed by atoms with van der Waals surface area (Å²) in [5, 5.41) is 26.6. The third-order valence-corrected chi connectivity index (χ3v) is 14.2. The molecule has 1 saturated heterocycles. The van der Waals surface area contributed by atoms with Crippen molar-refractivity contribution < 1.29 is 31.4 Å². The highest BCUT2D eigenvalue weighted by Gasteiger charge is 2.60. The zero-order chi connectivity index (χ0) is 37.4. The van der Waals surface area contributed by atoms with Crippen molar-refractivity contribution in [3.63, 3.8) is 0 Å². The molecule has 54 heavy (non-hydrogen) atoms. The lowest BCUT2D eigenvalue weighted by atomic mass is 9.71. The number of aliphatic imine (C=N–C) groups is 1. The molecule has 3 unspecified atom stereocenters. The Morgan fingerprint density at radius 1 is 1.09 bits per heavy atom. The highest BCUT2D eigenvalue weighted by Crippen LogP contribution is 2.53. The first-order chi connectivity index (χ1) is 26.0. The van der Waals surface area contributed by atoms with Gasteiger partial charge in [0.1, 0.15) is 23.7 Å². The van der Waals surface area contributed by atoms with Gasteiger partial charge in [0.2, 0.25) is 10.0 Å². The molecule has 9 rings (SSSR count). The second-order valence-electron chi connectivity index (χ2n) is 14.1. The number of thiazole rings is 1. The van der Waals surface area contributed by atoms with E-state index in [-0.39, 0.29) is 54.9 Å². The maximum absolute atomic E-state index is 14.3. The van der Waals surface area contributed by atoms with Gasteiger partial charge >= 0.3 is 6.55 Å². The summed E-state index contributed by atoms with van der Waals surface area (Å²) in [6, 6.07) is 9.31. The third-order valence-electron chi connectivity index (χ3n) is 11.1. The molecule has 3 aromatic heterocycles. The number of amidine groups is 1. The number of nitrogens with zero attached hydrogens (tertiary/aromatic N) is 9. The van der Waals surface area contributed by atoms with Crippen LogP contribution in [0.2, 0.25) is 5.02 Å². The standard InChI is InChI=1S/C35H33ClF3N10O3S2/c36-25-15-21(37)6-7-24(25)31-30(26-8-11-48(44-26)34(38)39)27-16-22(17-47(27)32(42-31)33-41-10-12-53-33)45-54(51,52)23-13-19-4-5-20(14-23)35(19,50)28-18-49(46-43-28)29-3-1-2-9-40-29/h1-3,6-12,15,19-20,22-23,31,34,45,50H,4-5,13-14,16-18H2/q+1/t19-,20?,22-,23?,31-,35?/m0/s1. The monoisotopic (exact) mass is 797 g/mol. The van der Waals surface area contributed by atoms with Gasteiger partial charge in [-0.2, -0.15) is 13.9 Å². The molecule has 6 atom stereocenters. The lowest BCUT2D eigenvalue weighted by Crippen LogP contribution is -2.56. The van der Waals surface area contributed by atoms with E-state index >= 15 is 0 Å². The first-order valence-corrected chi connectivity index (χ1v) is 20.3. The number of aromatic nitrogens is 4. The quantitative estimate of drug-likeness (QED) is 0.200. The molecule has 280 valence electrons. The van der Waals surface area contributed by atoms with Gasteiger partial charge in [-0.1, -0.05) is 23.7 Å². The Bertz CT molecular complexity index is 2340. The summed E-state index contributed by atoms with van der Waals surface area (Å²) in [6.07, 6.45) is 6.45. The van der Waals surface area contributed by atoms with Crippen LogP contribution in [0.5, 0.6) is 0 Å². The van der Waals surface area contributed by atoms with Crippen LogP contribution in [0.15, 0.2) is 87.4 Å². The second-order valence-corrected chi connectivity index (χ2v) is 17.4. The fourth-order valence-electron chi connectivity index (χ4n) is 8.74. The predicted octanol–water partition coefficient (Wildman–Crippen LogP) is 5.91. The first-order valence-electron chi connectivity index (χ1n) is 17.5. The number of fused-ring (bicyclic) bond motifs is 3. The maximum Gasteiger partial charge on any atom is 0.333 e. The van der Waals surface area contributed by atoms with Gasteiger partial charge in [0.25, 0.3) is 5.82 Å². The third kappa shape index (κ3) is 5.98. The fourth-order valence-corrected chi connectivity index (χ4v) is 11.4. The molecule has 2 bridgehead atoms. The van der Waals surface area contributed by atoms with Gasteiger partial charge in [0.15, 0.2) is 23.1 Å². The molecule has 6 heterocycles. The van der Waals surface area contributed by atoms with Crippen LogP contribution < -0.4 is 4.72 Å². The molecular weight excluding hydrogens is 765 g/mol. The van der Waals surface area contributed by atoms with Gasteiger partial charge in [-0.3, -0.25) is 4.99 Å². The van der Waals surface area contributed by atoms with E-state index < -0.39 is 45.3 Å². The number of hydrogen-bond donors (Lipinski definition) is 2. The van der Waals surface area contributed by atoms with Crippen LogP contribution in [-0.2, 0) is 10.0 Å². The van der Waals surface area contributed by atoms with Gasteiger partial charge in [-0.05, 0) is 61.8 Å². The molecule has 4 aromatic rings. The Balaban J connectivity index is 1.01. The van der Waals surface area contributed by atoms with Crippen LogP contribution in [0.1, 0.15) is 61.0 Å². The highest BCUT2D eigenvalue weighted by atomic mass is 35.5. The van der Waals surface area contributed by atoms with Crippen LogP contribution in [-0.4, -0.2) is 84.4 Å². The molecule has 3 aliphatic heterocycles. The molecule has 2 saturated carbocycles. The lowest BCUT2D eigenvalue weighted by molar-refractivity contribution is -0.497. The van der Waals surface area contributed by atoms with Crippen LogP contribution in [0.4, 0.5) is 19.0 Å². The fraction of sp³-hybridized carbons (Fsp3) is 0.400. The average Bonchev–Trinajstić information content (AvgIpc) is 3.99. The summed E-state index contributed by atoms with van der Waals surface area (Å²) < 4.78 is 75.4. The number of pyridine rings is 1. The highest BCUT2D eigenvalue weighted by molar-refractivity contribution is 7.90. The minimum atomic E-state index is -3.93. The van der Waals surface area contributed by atoms with Crippen molar-refractivity contribution in [2.75, 3.05) is 13.1 Å². The Kier molecular flexibility index (Phi) is 8.80. The summed E-state index contributed by atoms with van der Waals surface area (Å²) in [6.45, 7) is -2.44. The molecular formula is C35H33ClF3N10O3S2+. The van der Waals surface area contributed by atoms with Crippen molar-refractivity contribution in [3.05, 3.63) is 99.2 Å². The van der Waals surface area contributed by atoms with E-state index in [0.717, 1.165) is 12.3 Å². The Morgan fingerprint density at radius 3 is 2.59 bits per heavy atom.